The molecule has 0 radical (unpaired) electrons. The number of hydrogen-bond acceptors (Lipinski definition) is 16. The number of carbonyl (C=O) groups excluding carboxylic acids is 11. The van der Waals surface area contributed by atoms with Crippen molar-refractivity contribution in [3.63, 3.8) is 0 Å². The number of aliphatic hydroxyl groups excluding tert-OH is 3. The van der Waals surface area contributed by atoms with Gasteiger partial charge in [0.1, 0.15) is 54.4 Å². The number of nitrogens with two attached hydrogens (primary N) is 3. The second kappa shape index (κ2) is 37.6. The Kier molecular flexibility index (Phi) is 32.0. The molecule has 0 bridgehead atoms. The Bertz CT molecular complexity index is 2900. The monoisotopic (exact) mass is 1320 g/mol. The van der Waals surface area contributed by atoms with E-state index in [0.29, 0.717) is 5.56 Å². The van der Waals surface area contributed by atoms with Crippen LogP contribution in [0.25, 0.3) is 0 Å². The van der Waals surface area contributed by atoms with Gasteiger partial charge >= 0.3 is 0 Å². The largest absolute Gasteiger partial charge is 0.394 e. The first kappa shape index (κ1) is 80.0. The Morgan fingerprint density at radius 2 is 1.14 bits per heavy atom. The van der Waals surface area contributed by atoms with Gasteiger partial charge in [-0.1, -0.05) is 150 Å². The molecule has 1 heterocycles. The lowest BCUT2D eigenvalue weighted by Crippen LogP contribution is -2.65. The molecule has 1 saturated heterocycles. The van der Waals surface area contributed by atoms with Crippen LogP contribution < -0.4 is 75.7 Å². The molecule has 0 aromatic heterocycles. The maximum Gasteiger partial charge on any atom is 0.245 e. The minimum absolute atomic E-state index is 0.0161. The van der Waals surface area contributed by atoms with Crippen LogP contribution in [0.5, 0.6) is 0 Å². The average Bonchev–Trinajstić information content (AvgIpc) is 0.839. The van der Waals surface area contributed by atoms with Crippen LogP contribution >= 0.6 is 0 Å². The fourth-order valence-corrected chi connectivity index (χ4v) is 10.3. The van der Waals surface area contributed by atoms with Crippen molar-refractivity contribution in [1.29, 1.82) is 0 Å². The molecule has 14 atom stereocenters. The first-order chi connectivity index (χ1) is 43.9. The second-order valence-electron chi connectivity index (χ2n) is 27.4. The zero-order valence-corrected chi connectivity index (χ0v) is 56.6. The van der Waals surface area contributed by atoms with E-state index in [1.807, 2.05) is 20.8 Å². The van der Waals surface area contributed by atoms with Gasteiger partial charge in [0.15, 0.2) is 5.96 Å². The van der Waals surface area contributed by atoms with Crippen molar-refractivity contribution in [1.82, 2.24) is 58.5 Å². The van der Waals surface area contributed by atoms with Crippen molar-refractivity contribution in [2.24, 2.45) is 50.8 Å². The summed E-state index contributed by atoms with van der Waals surface area (Å²) in [6.07, 6.45) is -3.29. The number of carbonyl (C=O) groups is 11. The van der Waals surface area contributed by atoms with Crippen LogP contribution in [0.3, 0.4) is 0 Å². The predicted molar refractivity (Wildman–Crippen MR) is 352 cm³/mol. The zero-order valence-electron chi connectivity index (χ0n) is 56.6. The van der Waals surface area contributed by atoms with Gasteiger partial charge in [0.25, 0.3) is 0 Å². The van der Waals surface area contributed by atoms with Crippen LogP contribution in [0.2, 0.25) is 0 Å². The highest BCUT2D eigenvalue weighted by Crippen LogP contribution is 2.25. The molecular formula is C65H105N15O14. The molecule has 2 aromatic carbocycles. The van der Waals surface area contributed by atoms with Crippen LogP contribution in [0.1, 0.15) is 146 Å². The van der Waals surface area contributed by atoms with Gasteiger partial charge in [0.05, 0.1) is 37.4 Å². The second-order valence-corrected chi connectivity index (χ2v) is 27.4. The number of rotatable bonds is 21. The summed E-state index contributed by atoms with van der Waals surface area (Å²) in [7, 11) is 0. The van der Waals surface area contributed by atoms with Crippen molar-refractivity contribution >= 4 is 70.9 Å². The molecule has 0 unspecified atom stereocenters. The normalized spacial score (nSPS) is 24.1. The van der Waals surface area contributed by atoms with Crippen molar-refractivity contribution in [3.05, 3.63) is 71.8 Å². The van der Waals surface area contributed by atoms with Gasteiger partial charge in [0, 0.05) is 13.0 Å². The minimum Gasteiger partial charge on any atom is -0.394 e. The van der Waals surface area contributed by atoms with Crippen molar-refractivity contribution in [3.8, 4) is 0 Å². The summed E-state index contributed by atoms with van der Waals surface area (Å²) in [5.41, 5.74) is 17.1. The van der Waals surface area contributed by atoms with Crippen LogP contribution in [0.15, 0.2) is 65.7 Å². The SMILES string of the molecule is CC[C@H](C)[C@@H]1NC(=O)[C@@H](CCCN=C(N)N)NC(=O)[C@H](CC(C)C)NC(=O)[C@H]([C@H](O)C(C)C)NC(=O)[C@@H](NC(=O)[C@H](CC(C)(C)C)NC(=O)[C@H](N)CC(C)(C)C)[C@@H](c2ccccc2)NC(=O)[C@H](CO)NC(=O)[C@H](Cc2ccccc2)NC(=O)CNC(=O)[C@H]([C@H](C)O)NC1=O. The maximum absolute atomic E-state index is 15.6. The summed E-state index contributed by atoms with van der Waals surface area (Å²) in [5, 5.41) is 62.3. The molecule has 1 aliphatic rings. The van der Waals surface area contributed by atoms with Gasteiger partial charge < -0.3 is 91.0 Å². The number of guanidine groups is 1. The zero-order chi connectivity index (χ0) is 70.9. The van der Waals surface area contributed by atoms with E-state index in [1.54, 1.807) is 97.0 Å². The molecule has 0 saturated carbocycles. The maximum atomic E-state index is 15.6. The van der Waals surface area contributed by atoms with E-state index in [2.05, 4.69) is 63.5 Å². The number of amides is 11. The summed E-state index contributed by atoms with van der Waals surface area (Å²) in [6.45, 7) is 20.2. The molecule has 0 aliphatic carbocycles. The lowest BCUT2D eigenvalue weighted by Gasteiger charge is -2.35. The van der Waals surface area contributed by atoms with Crippen LogP contribution in [-0.2, 0) is 59.2 Å². The molecule has 524 valence electrons. The van der Waals surface area contributed by atoms with E-state index in [1.165, 1.54) is 32.9 Å². The van der Waals surface area contributed by atoms with E-state index in [-0.39, 0.29) is 68.9 Å². The smallest absolute Gasteiger partial charge is 0.245 e. The van der Waals surface area contributed by atoms with Gasteiger partial charge in [-0.2, -0.15) is 0 Å². The standard InChI is InChI=1S/C65H105N15O14/c1-14-36(6)47-60(92)77-48(37(7)82)59(91)70-32-46(83)71-43(29-38-22-17-15-18-23-38)56(88)75-45(33-81)58(90)78-49(39-24-19-16-20-25-39)50(79-57(89)44(31-65(11,12)13)74-53(85)40(66)30-64(8,9)10)61(93)80-51(52(84)35(4)5)62(94)73-42(28-34(2)3)55(87)72-41(54(86)76-47)26-21-27-69-63(67)68/h15-20,22-25,34-37,40-45,47-52,81-82,84H,14,21,26-33,66H2,1-13H3,(H,70,91)(H,71,83)(H,72,87)(H,73,94)(H,74,85)(H,75,88)(H,76,86)(H,77,92)(H,78,90)(H,79,89)(H,80,93)(H4,67,68,69)/t36-,37-,40+,41+,42-,43-,44-,45-,47-,48-,49+,50-,51-,52+/m0/s1. The average molecular weight is 1320 g/mol. The van der Waals surface area contributed by atoms with E-state index >= 15 is 14.4 Å². The molecule has 29 nitrogen and oxygen atoms in total. The Morgan fingerprint density at radius 3 is 1.68 bits per heavy atom. The first-order valence-corrected chi connectivity index (χ1v) is 32.0. The number of aliphatic imine (C=N–C) groups is 1. The number of nitrogens with one attached hydrogen (secondary N) is 11. The summed E-state index contributed by atoms with van der Waals surface area (Å²) in [5.74, 6) is -13.1. The lowest BCUT2D eigenvalue weighted by atomic mass is 9.86. The quantitative estimate of drug-likeness (QED) is 0.0377. The number of benzene rings is 2. The van der Waals surface area contributed by atoms with Crippen LogP contribution in [0.4, 0.5) is 0 Å². The number of hydrogen-bond donors (Lipinski definition) is 17. The molecule has 1 aliphatic heterocycles. The lowest BCUT2D eigenvalue weighted by molar-refractivity contribution is -0.139. The van der Waals surface area contributed by atoms with Crippen molar-refractivity contribution < 1.29 is 68.1 Å². The molecule has 29 heteroatoms. The third kappa shape index (κ3) is 27.0. The fourth-order valence-electron chi connectivity index (χ4n) is 10.3. The highest BCUT2D eigenvalue weighted by molar-refractivity contribution is 6.00. The van der Waals surface area contributed by atoms with E-state index in [9.17, 15) is 53.7 Å². The topological polar surface area (TPSA) is 471 Å². The highest BCUT2D eigenvalue weighted by atomic mass is 16.3. The summed E-state index contributed by atoms with van der Waals surface area (Å²) in [4.78, 5) is 164. The van der Waals surface area contributed by atoms with Crippen LogP contribution in [0, 0.1) is 28.6 Å². The summed E-state index contributed by atoms with van der Waals surface area (Å²) in [6, 6.07) is -1.74. The molecule has 11 amide bonds. The first-order valence-electron chi connectivity index (χ1n) is 32.0. The summed E-state index contributed by atoms with van der Waals surface area (Å²) < 4.78 is 0. The fraction of sp³-hybridized carbons (Fsp3) is 0.631. The van der Waals surface area contributed by atoms with E-state index in [0.717, 1.165) is 0 Å². The van der Waals surface area contributed by atoms with Gasteiger partial charge in [-0.15, -0.1) is 0 Å². The van der Waals surface area contributed by atoms with E-state index < -0.39 is 179 Å². The Hall–Kier alpha value is -8.28. The molecule has 0 spiro atoms. The third-order valence-electron chi connectivity index (χ3n) is 15.5. The van der Waals surface area contributed by atoms with E-state index in [4.69, 9.17) is 17.2 Å². The Balaban J connectivity index is 2.44. The molecule has 3 rings (SSSR count). The molecule has 94 heavy (non-hydrogen) atoms. The predicted octanol–water partition coefficient (Wildman–Crippen LogP) is -1.68. The number of aliphatic hydroxyl groups is 3. The Labute approximate surface area is 551 Å². The number of nitrogens with zero attached hydrogens (tertiary/aromatic N) is 1. The van der Waals surface area contributed by atoms with Gasteiger partial charge in [-0.25, -0.2) is 0 Å². The van der Waals surface area contributed by atoms with Gasteiger partial charge in [0.2, 0.25) is 65.0 Å². The highest BCUT2D eigenvalue weighted by Gasteiger charge is 2.43. The molecule has 20 N–H and O–H groups in total. The summed E-state index contributed by atoms with van der Waals surface area (Å²) >= 11 is 0. The van der Waals surface area contributed by atoms with Crippen LogP contribution in [-0.4, -0.2) is 179 Å². The van der Waals surface area contributed by atoms with Gasteiger partial charge in [-0.3, -0.25) is 57.7 Å². The minimum atomic E-state index is -2.01. The Morgan fingerprint density at radius 1 is 0.617 bits per heavy atom. The molecular weight excluding hydrogens is 1210 g/mol. The third-order valence-corrected chi connectivity index (χ3v) is 15.5. The van der Waals surface area contributed by atoms with Crippen molar-refractivity contribution in [2.75, 3.05) is 19.7 Å². The molecule has 2 aromatic rings. The molecule has 1 fully saturated rings. The van der Waals surface area contributed by atoms with Gasteiger partial charge in [-0.05, 0) is 78.7 Å². The van der Waals surface area contributed by atoms with Crippen molar-refractivity contribution in [2.45, 2.75) is 214 Å².